The molecule has 0 radical (unpaired) electrons. The van der Waals surface area contributed by atoms with Gasteiger partial charge in [0.05, 0.1) is 5.39 Å². The molecule has 1 N–H and O–H groups in total. The van der Waals surface area contributed by atoms with Crippen LogP contribution in [0.3, 0.4) is 0 Å². The number of halogens is 1. The van der Waals surface area contributed by atoms with Gasteiger partial charge in [0, 0.05) is 15.6 Å². The van der Waals surface area contributed by atoms with E-state index in [2.05, 4.69) is 10.3 Å². The van der Waals surface area contributed by atoms with Crippen molar-refractivity contribution >= 4 is 44.7 Å². The number of aromatic nitrogens is 2. The Hall–Kier alpha value is -2.96. The molecule has 0 saturated heterocycles. The highest BCUT2D eigenvalue weighted by Crippen LogP contribution is 2.31. The normalized spacial score (nSPS) is 11.0. The lowest BCUT2D eigenvalue weighted by atomic mass is 10.2. The minimum Gasteiger partial charge on any atom is -0.324 e. The van der Waals surface area contributed by atoms with Crippen LogP contribution >= 0.6 is 22.9 Å². The third kappa shape index (κ3) is 3.81. The molecule has 0 aliphatic carbocycles. The number of anilines is 1. The first kappa shape index (κ1) is 19.4. The van der Waals surface area contributed by atoms with Gasteiger partial charge in [0.2, 0.25) is 5.91 Å². The Morgan fingerprint density at radius 1 is 1.14 bits per heavy atom. The summed E-state index contributed by atoms with van der Waals surface area (Å²) in [5, 5.41) is 3.92. The molecule has 2 aromatic heterocycles. The van der Waals surface area contributed by atoms with E-state index in [4.69, 9.17) is 11.6 Å². The molecule has 4 rings (SSSR count). The van der Waals surface area contributed by atoms with Gasteiger partial charge in [-0.2, -0.15) is 0 Å². The number of carbonyl (C=O) groups is 1. The quantitative estimate of drug-likeness (QED) is 0.500. The molecule has 0 bridgehead atoms. The Kier molecular flexibility index (Phi) is 5.22. The fourth-order valence-corrected chi connectivity index (χ4v) is 4.37. The van der Waals surface area contributed by atoms with Gasteiger partial charge in [-0.1, -0.05) is 48.0 Å². The monoisotopic (exact) mass is 423 g/mol. The maximum Gasteiger partial charge on any atom is 0.262 e. The second kappa shape index (κ2) is 7.81. The van der Waals surface area contributed by atoms with E-state index < -0.39 is 0 Å². The molecule has 0 unspecified atom stereocenters. The number of hydrogen-bond donors (Lipinski definition) is 1. The summed E-state index contributed by atoms with van der Waals surface area (Å²) < 4.78 is 1.40. The number of nitrogens with one attached hydrogen (secondary N) is 1. The average molecular weight is 424 g/mol. The number of nitrogens with zero attached hydrogens (tertiary/aromatic N) is 2. The van der Waals surface area contributed by atoms with Crippen LogP contribution < -0.4 is 10.9 Å². The lowest BCUT2D eigenvalue weighted by molar-refractivity contribution is -0.116. The minimum atomic E-state index is -0.305. The average Bonchev–Trinajstić information content (AvgIpc) is 3.13. The van der Waals surface area contributed by atoms with Gasteiger partial charge >= 0.3 is 0 Å². The Labute approximate surface area is 176 Å². The van der Waals surface area contributed by atoms with Crippen LogP contribution in [0.2, 0.25) is 5.02 Å². The van der Waals surface area contributed by atoms with Gasteiger partial charge in [-0.25, -0.2) is 4.98 Å². The van der Waals surface area contributed by atoms with E-state index in [1.165, 1.54) is 15.9 Å². The third-order valence-electron chi connectivity index (χ3n) is 4.74. The molecule has 2 aromatic carbocycles. The van der Waals surface area contributed by atoms with Crippen molar-refractivity contribution in [3.8, 4) is 10.4 Å². The van der Waals surface area contributed by atoms with E-state index in [0.717, 1.165) is 16.0 Å². The van der Waals surface area contributed by atoms with Gasteiger partial charge in [-0.15, -0.1) is 11.3 Å². The molecule has 0 aliphatic rings. The van der Waals surface area contributed by atoms with Crippen LogP contribution in [-0.4, -0.2) is 15.5 Å². The first-order valence-corrected chi connectivity index (χ1v) is 10.2. The zero-order chi connectivity index (χ0) is 20.5. The summed E-state index contributed by atoms with van der Waals surface area (Å²) in [5.74, 6) is 0.196. The molecule has 0 atom stereocenters. The first-order valence-electron chi connectivity index (χ1n) is 9.05. The van der Waals surface area contributed by atoms with Crippen LogP contribution in [0.25, 0.3) is 20.7 Å². The molecule has 0 aliphatic heterocycles. The van der Waals surface area contributed by atoms with Gasteiger partial charge in [-0.05, 0) is 43.2 Å². The number of thiophene rings is 1. The maximum atomic E-state index is 13.0. The maximum absolute atomic E-state index is 13.0. The summed E-state index contributed by atoms with van der Waals surface area (Å²) in [6, 6.07) is 17.0. The van der Waals surface area contributed by atoms with E-state index in [1.54, 1.807) is 25.1 Å². The number of hydrogen-bond acceptors (Lipinski definition) is 4. The zero-order valence-corrected chi connectivity index (χ0v) is 17.5. The lowest BCUT2D eigenvalue weighted by Gasteiger charge is -2.12. The molecule has 0 fully saturated rings. The Bertz CT molecular complexity index is 1280. The number of amides is 1. The van der Waals surface area contributed by atoms with Crippen molar-refractivity contribution in [3.05, 3.63) is 81.4 Å². The Morgan fingerprint density at radius 2 is 1.90 bits per heavy atom. The molecule has 1 amide bonds. The van der Waals surface area contributed by atoms with Crippen molar-refractivity contribution in [2.75, 3.05) is 5.32 Å². The highest BCUT2D eigenvalue weighted by molar-refractivity contribution is 7.21. The summed E-state index contributed by atoms with van der Waals surface area (Å²) in [5.41, 5.74) is 2.23. The van der Waals surface area contributed by atoms with Crippen LogP contribution in [0.4, 0.5) is 5.69 Å². The summed E-state index contributed by atoms with van der Waals surface area (Å²) in [7, 11) is 0. The molecule has 0 spiro atoms. The molecule has 0 saturated carbocycles. The van der Waals surface area contributed by atoms with E-state index in [9.17, 15) is 9.59 Å². The van der Waals surface area contributed by atoms with Crippen LogP contribution in [0.5, 0.6) is 0 Å². The largest absolute Gasteiger partial charge is 0.324 e. The predicted octanol–water partition coefficient (Wildman–Crippen LogP) is 5.03. The summed E-state index contributed by atoms with van der Waals surface area (Å²) in [4.78, 5) is 31.8. The molecule has 146 valence electrons. The van der Waals surface area contributed by atoms with E-state index in [0.29, 0.717) is 26.8 Å². The van der Waals surface area contributed by atoms with E-state index in [1.807, 2.05) is 43.3 Å². The van der Waals surface area contributed by atoms with Gasteiger partial charge in [0.15, 0.2) is 0 Å². The number of rotatable bonds is 4. The van der Waals surface area contributed by atoms with Gasteiger partial charge in [0.25, 0.3) is 5.56 Å². The second-order valence-corrected chi connectivity index (χ2v) is 8.14. The topological polar surface area (TPSA) is 64.0 Å². The van der Waals surface area contributed by atoms with Crippen molar-refractivity contribution in [3.63, 3.8) is 0 Å². The van der Waals surface area contributed by atoms with Crippen LogP contribution in [0.15, 0.2) is 59.4 Å². The van der Waals surface area contributed by atoms with Crippen LogP contribution in [-0.2, 0) is 11.3 Å². The van der Waals surface area contributed by atoms with Gasteiger partial charge in [0.1, 0.15) is 17.2 Å². The van der Waals surface area contributed by atoms with Crippen molar-refractivity contribution < 1.29 is 4.79 Å². The van der Waals surface area contributed by atoms with Crippen molar-refractivity contribution in [1.29, 1.82) is 0 Å². The van der Waals surface area contributed by atoms with Crippen LogP contribution in [0.1, 0.15) is 11.4 Å². The van der Waals surface area contributed by atoms with Gasteiger partial charge in [-0.3, -0.25) is 14.2 Å². The number of fused-ring (bicyclic) bond motifs is 1. The molecular weight excluding hydrogens is 406 g/mol. The van der Waals surface area contributed by atoms with Crippen molar-refractivity contribution in [2.24, 2.45) is 0 Å². The summed E-state index contributed by atoms with van der Waals surface area (Å²) in [6.07, 6.45) is 0. The summed E-state index contributed by atoms with van der Waals surface area (Å²) in [6.45, 7) is 3.45. The molecule has 29 heavy (non-hydrogen) atoms. The Morgan fingerprint density at radius 3 is 2.66 bits per heavy atom. The predicted molar refractivity (Wildman–Crippen MR) is 119 cm³/mol. The number of benzene rings is 2. The van der Waals surface area contributed by atoms with E-state index in [-0.39, 0.29) is 18.0 Å². The zero-order valence-electron chi connectivity index (χ0n) is 15.9. The second-order valence-electron chi connectivity index (χ2n) is 6.71. The lowest BCUT2D eigenvalue weighted by Crippen LogP contribution is -2.30. The number of aryl methyl sites for hydroxylation is 1. The van der Waals surface area contributed by atoms with Crippen molar-refractivity contribution in [1.82, 2.24) is 9.55 Å². The first-order chi connectivity index (χ1) is 13.9. The Balaban J connectivity index is 1.66. The van der Waals surface area contributed by atoms with E-state index >= 15 is 0 Å². The SMILES string of the molecule is Cc1c(Cl)cccc1NC(=O)Cn1c(C)nc2sc(-c3ccccc3)cc2c1=O. The fraction of sp³-hybridized carbons (Fsp3) is 0.136. The minimum absolute atomic E-state index is 0.115. The smallest absolute Gasteiger partial charge is 0.262 e. The fourth-order valence-electron chi connectivity index (χ4n) is 3.12. The highest BCUT2D eigenvalue weighted by atomic mass is 35.5. The van der Waals surface area contributed by atoms with Crippen LogP contribution in [0, 0.1) is 13.8 Å². The standard InChI is InChI=1S/C22H18ClN3O2S/c1-13-17(23)9-6-10-18(13)25-20(27)12-26-14(2)24-21-16(22(26)28)11-19(29-21)15-7-4-3-5-8-15/h3-11H,12H2,1-2H3,(H,25,27). The highest BCUT2D eigenvalue weighted by Gasteiger charge is 2.15. The molecule has 4 aromatic rings. The molecule has 7 heteroatoms. The molecule has 5 nitrogen and oxygen atoms in total. The molecular formula is C22H18ClN3O2S. The summed E-state index contributed by atoms with van der Waals surface area (Å²) >= 11 is 7.58. The molecule has 2 heterocycles. The van der Waals surface area contributed by atoms with Crippen molar-refractivity contribution in [2.45, 2.75) is 20.4 Å². The third-order valence-corrected chi connectivity index (χ3v) is 6.23. The van der Waals surface area contributed by atoms with Gasteiger partial charge < -0.3 is 5.32 Å². The number of carbonyl (C=O) groups excluding carboxylic acids is 1.